The minimum atomic E-state index is -0.930. The van der Waals surface area contributed by atoms with Gasteiger partial charge in [0.25, 0.3) is 0 Å². The molecule has 180 valence electrons. The molecule has 0 saturated heterocycles. The summed E-state index contributed by atoms with van der Waals surface area (Å²) in [7, 11) is 0. The second kappa shape index (κ2) is 10.4. The Morgan fingerprint density at radius 2 is 1.76 bits per heavy atom. The number of hydrogen-bond acceptors (Lipinski definition) is 3. The van der Waals surface area contributed by atoms with Gasteiger partial charge in [0, 0.05) is 25.1 Å². The predicted octanol–water partition coefficient (Wildman–Crippen LogP) is 6.94. The van der Waals surface area contributed by atoms with Crippen molar-refractivity contribution in [2.75, 3.05) is 0 Å². The van der Waals surface area contributed by atoms with Crippen LogP contribution in [-0.2, 0) is 19.5 Å². The summed E-state index contributed by atoms with van der Waals surface area (Å²) in [4.78, 5) is 21.6. The van der Waals surface area contributed by atoms with Gasteiger partial charge in [-0.25, -0.2) is 14.8 Å². The fourth-order valence-corrected chi connectivity index (χ4v) is 4.58. The van der Waals surface area contributed by atoms with Crippen molar-refractivity contribution in [3.63, 3.8) is 0 Å². The van der Waals surface area contributed by atoms with Crippen LogP contribution in [0.5, 0.6) is 0 Å². The van der Waals surface area contributed by atoms with Crippen LogP contribution in [0, 0.1) is 5.92 Å². The molecule has 0 aliphatic carbocycles. The predicted molar refractivity (Wildman–Crippen MR) is 138 cm³/mol. The second-order valence-electron chi connectivity index (χ2n) is 9.59. The van der Waals surface area contributed by atoms with Gasteiger partial charge in [-0.2, -0.15) is 0 Å². The number of carboxylic acids is 1. The van der Waals surface area contributed by atoms with Gasteiger partial charge in [-0.15, -0.1) is 0 Å². The normalized spacial score (nSPS) is 11.8. The van der Waals surface area contributed by atoms with E-state index in [0.717, 1.165) is 90.9 Å². The second-order valence-corrected chi connectivity index (χ2v) is 9.59. The third-order valence-electron chi connectivity index (χ3n) is 6.50. The highest BCUT2D eigenvalue weighted by Crippen LogP contribution is 2.33. The number of aromatic nitrogens is 4. The van der Waals surface area contributed by atoms with Gasteiger partial charge in [0.2, 0.25) is 0 Å². The Morgan fingerprint density at radius 3 is 2.47 bits per heavy atom. The molecule has 0 aliphatic heterocycles. The van der Waals surface area contributed by atoms with Gasteiger partial charge < -0.3 is 14.2 Å². The third-order valence-corrected chi connectivity index (χ3v) is 6.50. The smallest absolute Gasteiger partial charge is 0.335 e. The molecule has 1 N–H and O–H groups in total. The number of para-hydroxylation sites is 1. The van der Waals surface area contributed by atoms with Crippen LogP contribution in [0.2, 0.25) is 0 Å². The lowest BCUT2D eigenvalue weighted by Gasteiger charge is -2.14. The molecule has 0 aliphatic rings. The number of imidazole rings is 2. The van der Waals surface area contributed by atoms with Crippen LogP contribution < -0.4 is 0 Å². The summed E-state index contributed by atoms with van der Waals surface area (Å²) in [6.45, 7) is 10.7. The highest BCUT2D eigenvalue weighted by atomic mass is 16.4. The Bertz CT molecular complexity index is 1300. The summed E-state index contributed by atoms with van der Waals surface area (Å²) in [5, 5.41) is 9.50. The first-order valence-corrected chi connectivity index (χ1v) is 12.7. The number of aryl methyl sites for hydroxylation is 3. The molecule has 0 bridgehead atoms. The molecule has 0 spiro atoms. The van der Waals surface area contributed by atoms with Crippen molar-refractivity contribution in [1.82, 2.24) is 19.1 Å². The Labute approximate surface area is 201 Å². The van der Waals surface area contributed by atoms with Crippen LogP contribution >= 0.6 is 0 Å². The Morgan fingerprint density at radius 1 is 0.971 bits per heavy atom. The number of benzene rings is 2. The summed E-state index contributed by atoms with van der Waals surface area (Å²) in [5.74, 6) is 1.66. The van der Waals surface area contributed by atoms with E-state index in [0.29, 0.717) is 5.92 Å². The average molecular weight is 461 g/mol. The van der Waals surface area contributed by atoms with E-state index >= 15 is 0 Å². The zero-order valence-corrected chi connectivity index (χ0v) is 20.8. The highest BCUT2D eigenvalue weighted by molar-refractivity contribution is 5.96. The Balaban J connectivity index is 1.95. The first kappa shape index (κ1) is 24.0. The zero-order valence-electron chi connectivity index (χ0n) is 20.8. The molecule has 0 unspecified atom stereocenters. The minimum absolute atomic E-state index is 0.264. The molecule has 0 amide bonds. The summed E-state index contributed by atoms with van der Waals surface area (Å²) >= 11 is 0. The quantitative estimate of drug-likeness (QED) is 0.263. The number of hydrogen-bond donors (Lipinski definition) is 1. The third kappa shape index (κ3) is 4.72. The minimum Gasteiger partial charge on any atom is -0.478 e. The van der Waals surface area contributed by atoms with Crippen molar-refractivity contribution in [2.45, 2.75) is 79.3 Å². The maximum atomic E-state index is 11.6. The highest BCUT2D eigenvalue weighted by Gasteiger charge is 2.20. The fraction of sp³-hybridized carbons (Fsp3) is 0.464. The lowest BCUT2D eigenvalue weighted by atomic mass is 10.1. The number of fused-ring (bicyclic) bond motifs is 2. The number of aromatic carboxylic acids is 1. The van der Waals surface area contributed by atoms with Crippen LogP contribution in [-0.4, -0.2) is 30.2 Å². The molecule has 6 heteroatoms. The van der Waals surface area contributed by atoms with Crippen LogP contribution in [0.15, 0.2) is 36.4 Å². The van der Waals surface area contributed by atoms with E-state index in [4.69, 9.17) is 9.97 Å². The van der Waals surface area contributed by atoms with E-state index in [9.17, 15) is 9.90 Å². The standard InChI is InChI=1S/C28H36N4O2/c1-5-7-12-25-29-22-11-9-10-21(26(22)32(25)16-8-6-2)27-30-23-18-20(28(33)34)13-14-24(23)31(27)17-15-19(3)4/h9-11,13-14,18-19H,5-8,12,15-17H2,1-4H3,(H,33,34). The maximum absolute atomic E-state index is 11.6. The monoisotopic (exact) mass is 460 g/mol. The molecule has 0 atom stereocenters. The number of rotatable bonds is 11. The van der Waals surface area contributed by atoms with Gasteiger partial charge in [-0.05, 0) is 55.5 Å². The van der Waals surface area contributed by atoms with Gasteiger partial charge in [0.05, 0.1) is 27.6 Å². The summed E-state index contributed by atoms with van der Waals surface area (Å²) < 4.78 is 4.66. The van der Waals surface area contributed by atoms with Crippen LogP contribution in [0.1, 0.15) is 76.0 Å². The zero-order chi connectivity index (χ0) is 24.2. The molecule has 6 nitrogen and oxygen atoms in total. The van der Waals surface area contributed by atoms with Crippen molar-refractivity contribution < 1.29 is 9.90 Å². The van der Waals surface area contributed by atoms with Crippen molar-refractivity contribution >= 4 is 28.0 Å². The lowest BCUT2D eigenvalue weighted by Crippen LogP contribution is -2.07. The van der Waals surface area contributed by atoms with E-state index in [-0.39, 0.29) is 5.56 Å². The maximum Gasteiger partial charge on any atom is 0.335 e. The van der Waals surface area contributed by atoms with Crippen LogP contribution in [0.25, 0.3) is 33.5 Å². The molecule has 0 fully saturated rings. The summed E-state index contributed by atoms with van der Waals surface area (Å²) in [6.07, 6.45) is 6.48. The number of nitrogens with zero attached hydrogens (tertiary/aromatic N) is 4. The first-order valence-electron chi connectivity index (χ1n) is 12.7. The SMILES string of the molecule is CCCCc1nc2cccc(-c3nc4cc(C(=O)O)ccc4n3CCC(C)C)c2n1CCCC. The van der Waals surface area contributed by atoms with E-state index in [1.165, 1.54) is 0 Å². The van der Waals surface area contributed by atoms with Crippen LogP contribution in [0.3, 0.4) is 0 Å². The molecule has 0 radical (unpaired) electrons. The van der Waals surface area contributed by atoms with E-state index in [1.807, 2.05) is 6.07 Å². The molecular formula is C28H36N4O2. The molecule has 34 heavy (non-hydrogen) atoms. The lowest BCUT2D eigenvalue weighted by molar-refractivity contribution is 0.0697. The number of carboxylic acid groups (broad SMARTS) is 1. The van der Waals surface area contributed by atoms with E-state index in [1.54, 1.807) is 12.1 Å². The topological polar surface area (TPSA) is 72.9 Å². The van der Waals surface area contributed by atoms with E-state index in [2.05, 4.69) is 55.0 Å². The molecule has 2 aromatic heterocycles. The number of unbranched alkanes of at least 4 members (excludes halogenated alkanes) is 2. The molecule has 2 heterocycles. The van der Waals surface area contributed by atoms with Gasteiger partial charge in [-0.3, -0.25) is 0 Å². The molecule has 4 aromatic rings. The first-order chi connectivity index (χ1) is 16.4. The van der Waals surface area contributed by atoms with Gasteiger partial charge in [0.15, 0.2) is 0 Å². The molecular weight excluding hydrogens is 424 g/mol. The molecule has 2 aromatic carbocycles. The molecule has 4 rings (SSSR count). The largest absolute Gasteiger partial charge is 0.478 e. The Kier molecular flexibility index (Phi) is 7.35. The number of carbonyl (C=O) groups is 1. The van der Waals surface area contributed by atoms with Crippen LogP contribution in [0.4, 0.5) is 0 Å². The van der Waals surface area contributed by atoms with Gasteiger partial charge >= 0.3 is 5.97 Å². The van der Waals surface area contributed by atoms with Gasteiger partial charge in [-0.1, -0.05) is 46.6 Å². The summed E-state index contributed by atoms with van der Waals surface area (Å²) in [5.41, 5.74) is 5.18. The van der Waals surface area contributed by atoms with E-state index < -0.39 is 5.97 Å². The van der Waals surface area contributed by atoms with Crippen molar-refractivity contribution in [3.05, 3.63) is 47.8 Å². The van der Waals surface area contributed by atoms with Crippen molar-refractivity contribution in [3.8, 4) is 11.4 Å². The van der Waals surface area contributed by atoms with Crippen molar-refractivity contribution in [1.29, 1.82) is 0 Å². The van der Waals surface area contributed by atoms with Crippen molar-refractivity contribution in [2.24, 2.45) is 5.92 Å². The fourth-order valence-electron chi connectivity index (χ4n) is 4.58. The Hall–Kier alpha value is -3.15. The molecule has 0 saturated carbocycles. The van der Waals surface area contributed by atoms with Gasteiger partial charge in [0.1, 0.15) is 11.6 Å². The summed E-state index contributed by atoms with van der Waals surface area (Å²) in [6, 6.07) is 11.6. The average Bonchev–Trinajstić information content (AvgIpc) is 3.37.